The van der Waals surface area contributed by atoms with Crippen molar-refractivity contribution >= 4 is 29.1 Å². The highest BCUT2D eigenvalue weighted by molar-refractivity contribution is 6.42. The molecule has 1 N–H and O–H groups in total. The minimum atomic E-state index is -0.131. The van der Waals surface area contributed by atoms with Gasteiger partial charge >= 0.3 is 0 Å². The van der Waals surface area contributed by atoms with Gasteiger partial charge in [-0.2, -0.15) is 0 Å². The van der Waals surface area contributed by atoms with Crippen molar-refractivity contribution in [2.75, 3.05) is 19.6 Å². The highest BCUT2D eigenvalue weighted by atomic mass is 35.5. The van der Waals surface area contributed by atoms with Crippen LogP contribution in [-0.4, -0.2) is 45.4 Å². The van der Waals surface area contributed by atoms with Crippen molar-refractivity contribution in [2.24, 2.45) is 0 Å². The van der Waals surface area contributed by atoms with Crippen molar-refractivity contribution in [3.05, 3.63) is 45.7 Å². The molecule has 1 aliphatic rings. The third kappa shape index (κ3) is 4.32. The molecular weight excluding hydrogens is 361 g/mol. The summed E-state index contributed by atoms with van der Waals surface area (Å²) in [6, 6.07) is 5.70. The first-order chi connectivity index (χ1) is 12.1. The number of carbonyl (C=O) groups is 1. The SMILES string of the molecule is CCN(Cc1ccc(Cl)c(Cl)c1)C(=O)c1cn(C2CCNCC2)nn1. The standard InChI is InChI=1S/C17H21Cl2N5O/c1-2-23(10-12-3-4-14(18)15(19)9-12)17(25)16-11-24(22-21-16)13-5-7-20-8-6-13/h3-4,9,11,13,20H,2,5-8,10H2,1H3. The Labute approximate surface area is 157 Å². The van der Waals surface area contributed by atoms with Gasteiger partial charge in [-0.3, -0.25) is 4.79 Å². The number of halogens is 2. The van der Waals surface area contributed by atoms with Crippen LogP contribution in [-0.2, 0) is 6.54 Å². The molecule has 3 rings (SSSR count). The number of carbonyl (C=O) groups excluding carboxylic acids is 1. The molecule has 6 nitrogen and oxygen atoms in total. The van der Waals surface area contributed by atoms with E-state index in [9.17, 15) is 4.79 Å². The summed E-state index contributed by atoms with van der Waals surface area (Å²) < 4.78 is 1.82. The monoisotopic (exact) mass is 381 g/mol. The minimum absolute atomic E-state index is 0.131. The van der Waals surface area contributed by atoms with Crippen LogP contribution >= 0.6 is 23.2 Å². The van der Waals surface area contributed by atoms with E-state index in [4.69, 9.17) is 23.2 Å². The van der Waals surface area contributed by atoms with Gasteiger partial charge in [0, 0.05) is 13.1 Å². The van der Waals surface area contributed by atoms with Crippen LogP contribution in [0.4, 0.5) is 0 Å². The summed E-state index contributed by atoms with van der Waals surface area (Å²) >= 11 is 12.0. The highest BCUT2D eigenvalue weighted by Gasteiger charge is 2.22. The zero-order valence-corrected chi connectivity index (χ0v) is 15.6. The van der Waals surface area contributed by atoms with E-state index in [1.54, 1.807) is 23.2 Å². The number of aromatic nitrogens is 3. The molecular formula is C17H21Cl2N5O. The lowest BCUT2D eigenvalue weighted by Gasteiger charge is -2.22. The average Bonchev–Trinajstić information content (AvgIpc) is 3.13. The van der Waals surface area contributed by atoms with Gasteiger partial charge in [-0.05, 0) is 50.6 Å². The van der Waals surface area contributed by atoms with E-state index in [2.05, 4.69) is 15.6 Å². The summed E-state index contributed by atoms with van der Waals surface area (Å²) in [5.74, 6) is -0.131. The molecule has 0 saturated carbocycles. The van der Waals surface area contributed by atoms with Crippen LogP contribution in [0.25, 0.3) is 0 Å². The Morgan fingerprint density at radius 1 is 1.32 bits per heavy atom. The van der Waals surface area contributed by atoms with Crippen molar-refractivity contribution in [3.8, 4) is 0 Å². The average molecular weight is 382 g/mol. The lowest BCUT2D eigenvalue weighted by atomic mass is 10.1. The minimum Gasteiger partial charge on any atom is -0.333 e. The van der Waals surface area contributed by atoms with Gasteiger partial charge in [-0.25, -0.2) is 4.68 Å². The van der Waals surface area contributed by atoms with Crippen LogP contribution in [0.5, 0.6) is 0 Å². The molecule has 0 spiro atoms. The molecule has 134 valence electrons. The van der Waals surface area contributed by atoms with Crippen LogP contribution in [0, 0.1) is 0 Å². The van der Waals surface area contributed by atoms with E-state index >= 15 is 0 Å². The number of hydrogen-bond donors (Lipinski definition) is 1. The Hall–Kier alpha value is -1.63. The fourth-order valence-electron chi connectivity index (χ4n) is 2.97. The van der Waals surface area contributed by atoms with Crippen molar-refractivity contribution in [1.29, 1.82) is 0 Å². The van der Waals surface area contributed by atoms with Gasteiger partial charge in [-0.1, -0.05) is 34.5 Å². The zero-order valence-electron chi connectivity index (χ0n) is 14.1. The van der Waals surface area contributed by atoms with Gasteiger partial charge < -0.3 is 10.2 Å². The van der Waals surface area contributed by atoms with Crippen molar-refractivity contribution < 1.29 is 4.79 Å². The lowest BCUT2D eigenvalue weighted by molar-refractivity contribution is 0.0746. The number of hydrogen-bond acceptors (Lipinski definition) is 4. The first-order valence-corrected chi connectivity index (χ1v) is 9.20. The van der Waals surface area contributed by atoms with Crippen LogP contribution < -0.4 is 5.32 Å². The zero-order chi connectivity index (χ0) is 17.8. The van der Waals surface area contributed by atoms with E-state index < -0.39 is 0 Å². The molecule has 2 heterocycles. The molecule has 1 fully saturated rings. The molecule has 0 aliphatic carbocycles. The third-order valence-electron chi connectivity index (χ3n) is 4.44. The second kappa shape index (κ2) is 8.17. The summed E-state index contributed by atoms with van der Waals surface area (Å²) in [6.07, 6.45) is 3.76. The molecule has 8 heteroatoms. The van der Waals surface area contributed by atoms with Crippen molar-refractivity contribution in [1.82, 2.24) is 25.2 Å². The predicted molar refractivity (Wildman–Crippen MR) is 98.0 cm³/mol. The number of piperidine rings is 1. The quantitative estimate of drug-likeness (QED) is 0.863. The van der Waals surface area contributed by atoms with Gasteiger partial charge in [-0.15, -0.1) is 5.10 Å². The molecule has 1 aromatic carbocycles. The van der Waals surface area contributed by atoms with Crippen LogP contribution in [0.2, 0.25) is 10.0 Å². The maximum Gasteiger partial charge on any atom is 0.276 e. The van der Waals surface area contributed by atoms with Crippen LogP contribution in [0.3, 0.4) is 0 Å². The molecule has 2 aromatic rings. The largest absolute Gasteiger partial charge is 0.333 e. The van der Waals surface area contributed by atoms with Crippen molar-refractivity contribution in [2.45, 2.75) is 32.4 Å². The topological polar surface area (TPSA) is 63.1 Å². The molecule has 1 saturated heterocycles. The number of amides is 1. The summed E-state index contributed by atoms with van der Waals surface area (Å²) in [5.41, 5.74) is 1.30. The number of nitrogens with zero attached hydrogens (tertiary/aromatic N) is 4. The van der Waals surface area contributed by atoms with Crippen molar-refractivity contribution in [3.63, 3.8) is 0 Å². The smallest absolute Gasteiger partial charge is 0.276 e. The maximum atomic E-state index is 12.8. The molecule has 25 heavy (non-hydrogen) atoms. The third-order valence-corrected chi connectivity index (χ3v) is 5.18. The Bertz CT molecular complexity index is 742. The molecule has 0 atom stereocenters. The maximum absolute atomic E-state index is 12.8. The van der Waals surface area contributed by atoms with Gasteiger partial charge in [0.05, 0.1) is 22.3 Å². The fraction of sp³-hybridized carbons (Fsp3) is 0.471. The number of benzene rings is 1. The molecule has 1 aromatic heterocycles. The first-order valence-electron chi connectivity index (χ1n) is 8.44. The Morgan fingerprint density at radius 3 is 2.76 bits per heavy atom. The van der Waals surface area contributed by atoms with Gasteiger partial charge in [0.25, 0.3) is 5.91 Å². The Morgan fingerprint density at radius 2 is 2.08 bits per heavy atom. The highest BCUT2D eigenvalue weighted by Crippen LogP contribution is 2.23. The van der Waals surface area contributed by atoms with E-state index in [1.807, 2.05) is 17.7 Å². The Balaban J connectivity index is 1.71. The second-order valence-electron chi connectivity index (χ2n) is 6.13. The Kier molecular flexibility index (Phi) is 5.93. The number of rotatable bonds is 5. The van der Waals surface area contributed by atoms with Crippen LogP contribution in [0.1, 0.15) is 41.9 Å². The molecule has 0 bridgehead atoms. The first kappa shape index (κ1) is 18.2. The van der Waals surface area contributed by atoms with E-state index in [1.165, 1.54) is 0 Å². The van der Waals surface area contributed by atoms with E-state index in [0.29, 0.717) is 34.9 Å². The summed E-state index contributed by atoms with van der Waals surface area (Å²) in [6.45, 7) is 4.89. The second-order valence-corrected chi connectivity index (χ2v) is 6.95. The molecule has 1 aliphatic heterocycles. The molecule has 1 amide bonds. The summed E-state index contributed by atoms with van der Waals surface area (Å²) in [7, 11) is 0. The summed E-state index contributed by atoms with van der Waals surface area (Å²) in [4.78, 5) is 14.5. The van der Waals surface area contributed by atoms with Gasteiger partial charge in [0.1, 0.15) is 0 Å². The fourth-order valence-corrected chi connectivity index (χ4v) is 3.29. The van der Waals surface area contributed by atoms with E-state index in [0.717, 1.165) is 31.5 Å². The molecule has 0 radical (unpaired) electrons. The predicted octanol–water partition coefficient (Wildman–Crippen LogP) is 3.17. The number of nitrogens with one attached hydrogen (secondary N) is 1. The van der Waals surface area contributed by atoms with Crippen LogP contribution in [0.15, 0.2) is 24.4 Å². The molecule has 0 unspecified atom stereocenters. The van der Waals surface area contributed by atoms with Gasteiger partial charge in [0.2, 0.25) is 0 Å². The normalized spacial score (nSPS) is 15.3. The van der Waals surface area contributed by atoms with E-state index in [-0.39, 0.29) is 5.91 Å². The van der Waals surface area contributed by atoms with Gasteiger partial charge in [0.15, 0.2) is 5.69 Å². The lowest BCUT2D eigenvalue weighted by Crippen LogP contribution is -2.31. The summed E-state index contributed by atoms with van der Waals surface area (Å²) in [5, 5.41) is 12.6.